The van der Waals surface area contributed by atoms with Gasteiger partial charge in [0, 0.05) is 13.2 Å². The highest BCUT2D eigenvalue weighted by atomic mass is 16.1. The van der Waals surface area contributed by atoms with Crippen LogP contribution in [0.1, 0.15) is 21.9 Å². The number of amides is 1. The Morgan fingerprint density at radius 1 is 1.47 bits per heavy atom. The van der Waals surface area contributed by atoms with Crippen LogP contribution in [0.5, 0.6) is 0 Å². The maximum Gasteiger partial charge on any atom is 0.271 e. The lowest BCUT2D eigenvalue weighted by atomic mass is 10.2. The number of carbonyl (C=O) groups is 1. The second-order valence-electron chi connectivity index (χ2n) is 3.55. The molecule has 0 aliphatic heterocycles. The van der Waals surface area contributed by atoms with Crippen LogP contribution in [0, 0.1) is 13.8 Å². The number of rotatable bonds is 1. The van der Waals surface area contributed by atoms with E-state index in [-0.39, 0.29) is 5.91 Å². The van der Waals surface area contributed by atoms with Gasteiger partial charge in [-0.15, -0.1) is 0 Å². The van der Waals surface area contributed by atoms with Crippen molar-refractivity contribution in [1.82, 2.24) is 14.7 Å². The molecule has 4 nitrogen and oxygen atoms in total. The van der Waals surface area contributed by atoms with Crippen molar-refractivity contribution >= 4 is 11.4 Å². The molecule has 2 heterocycles. The van der Waals surface area contributed by atoms with Gasteiger partial charge in [-0.3, -0.25) is 4.79 Å². The highest BCUT2D eigenvalue weighted by Crippen LogP contribution is 2.14. The molecule has 0 radical (unpaired) electrons. The molecule has 78 valence electrons. The van der Waals surface area contributed by atoms with Crippen LogP contribution in [0.4, 0.5) is 0 Å². The van der Waals surface area contributed by atoms with Crippen molar-refractivity contribution in [3.05, 3.63) is 35.4 Å². The van der Waals surface area contributed by atoms with Gasteiger partial charge in [-0.2, -0.15) is 0 Å². The number of aryl methyl sites for hydroxylation is 2. The molecule has 0 saturated carbocycles. The van der Waals surface area contributed by atoms with Crippen molar-refractivity contribution in [2.45, 2.75) is 13.8 Å². The maximum atomic E-state index is 11.6. The first-order valence-corrected chi connectivity index (χ1v) is 4.81. The normalized spacial score (nSPS) is 10.6. The largest absolute Gasteiger partial charge is 0.354 e. The van der Waals surface area contributed by atoms with E-state index in [0.717, 1.165) is 16.9 Å². The minimum Gasteiger partial charge on any atom is -0.354 e. The zero-order chi connectivity index (χ0) is 11.0. The molecule has 2 aromatic rings. The van der Waals surface area contributed by atoms with Crippen molar-refractivity contribution in [2.75, 3.05) is 7.05 Å². The number of hydrogen-bond acceptors (Lipinski definition) is 2. The average Bonchev–Trinajstić information content (AvgIpc) is 2.54. The Morgan fingerprint density at radius 3 is 2.87 bits per heavy atom. The lowest BCUT2D eigenvalue weighted by Gasteiger charge is -1.99. The fraction of sp³-hybridized carbons (Fsp3) is 0.273. The Bertz CT molecular complexity index is 528. The fourth-order valence-corrected chi connectivity index (χ4v) is 1.63. The minimum absolute atomic E-state index is 0.147. The first-order valence-electron chi connectivity index (χ1n) is 4.81. The van der Waals surface area contributed by atoms with Crippen LogP contribution >= 0.6 is 0 Å². The molecule has 0 fully saturated rings. The summed E-state index contributed by atoms with van der Waals surface area (Å²) in [5.41, 5.74) is 2.46. The second kappa shape index (κ2) is 3.38. The van der Waals surface area contributed by atoms with E-state index < -0.39 is 0 Å². The number of nitrogens with one attached hydrogen (secondary N) is 1. The van der Waals surface area contributed by atoms with Crippen molar-refractivity contribution in [3.8, 4) is 0 Å². The molecule has 1 amide bonds. The molecule has 0 bridgehead atoms. The monoisotopic (exact) mass is 203 g/mol. The molecule has 0 unspecified atom stereocenters. The smallest absolute Gasteiger partial charge is 0.271 e. The summed E-state index contributed by atoms with van der Waals surface area (Å²) in [5, 5.41) is 2.59. The molecule has 4 heteroatoms. The second-order valence-corrected chi connectivity index (χ2v) is 3.55. The van der Waals surface area contributed by atoms with Gasteiger partial charge in [-0.25, -0.2) is 4.98 Å². The highest BCUT2D eigenvalue weighted by molar-refractivity contribution is 5.99. The van der Waals surface area contributed by atoms with E-state index in [1.54, 1.807) is 7.05 Å². The zero-order valence-corrected chi connectivity index (χ0v) is 9.03. The van der Waals surface area contributed by atoms with Crippen LogP contribution < -0.4 is 5.32 Å². The first kappa shape index (κ1) is 9.71. The van der Waals surface area contributed by atoms with E-state index in [2.05, 4.69) is 10.3 Å². The SMILES string of the molecule is CNC(=O)c1nc(C)n2ccc(C)cc12. The summed E-state index contributed by atoms with van der Waals surface area (Å²) in [7, 11) is 1.61. The predicted octanol–water partition coefficient (Wildman–Crippen LogP) is 1.31. The Labute approximate surface area is 87.9 Å². The molecular formula is C11H13N3O. The third-order valence-electron chi connectivity index (χ3n) is 2.42. The van der Waals surface area contributed by atoms with Crippen molar-refractivity contribution in [2.24, 2.45) is 0 Å². The molecule has 2 rings (SSSR count). The molecule has 0 aliphatic rings. The number of imidazole rings is 1. The lowest BCUT2D eigenvalue weighted by molar-refractivity contribution is 0.0960. The average molecular weight is 203 g/mol. The van der Waals surface area contributed by atoms with Crippen LogP contribution in [0.3, 0.4) is 0 Å². The third kappa shape index (κ3) is 1.48. The predicted molar refractivity (Wildman–Crippen MR) is 58.1 cm³/mol. The maximum absolute atomic E-state index is 11.6. The first-order chi connectivity index (χ1) is 7.13. The van der Waals surface area contributed by atoms with Gasteiger partial charge in [-0.05, 0) is 31.5 Å². The van der Waals surface area contributed by atoms with Crippen LogP contribution in [0.25, 0.3) is 5.52 Å². The number of aromatic nitrogens is 2. The van der Waals surface area contributed by atoms with Gasteiger partial charge >= 0.3 is 0 Å². The lowest BCUT2D eigenvalue weighted by Crippen LogP contribution is -2.18. The Morgan fingerprint density at radius 2 is 2.20 bits per heavy atom. The summed E-state index contributed by atoms with van der Waals surface area (Å²) in [6.07, 6.45) is 1.93. The molecule has 2 aromatic heterocycles. The molecule has 15 heavy (non-hydrogen) atoms. The van der Waals surface area contributed by atoms with Crippen LogP contribution in [0.2, 0.25) is 0 Å². The number of nitrogens with zero attached hydrogens (tertiary/aromatic N) is 2. The van der Waals surface area contributed by atoms with Gasteiger partial charge in [0.15, 0.2) is 5.69 Å². The van der Waals surface area contributed by atoms with E-state index >= 15 is 0 Å². The van der Waals surface area contributed by atoms with Crippen LogP contribution in [0.15, 0.2) is 18.3 Å². The summed E-state index contributed by atoms with van der Waals surface area (Å²) >= 11 is 0. The fourth-order valence-electron chi connectivity index (χ4n) is 1.63. The van der Waals surface area contributed by atoms with Crippen molar-refractivity contribution in [1.29, 1.82) is 0 Å². The van der Waals surface area contributed by atoms with Gasteiger partial charge in [0.1, 0.15) is 5.82 Å². The summed E-state index contributed by atoms with van der Waals surface area (Å²) in [5.74, 6) is 0.676. The summed E-state index contributed by atoms with van der Waals surface area (Å²) in [6.45, 7) is 3.88. The topological polar surface area (TPSA) is 46.4 Å². The Kier molecular flexibility index (Phi) is 2.19. The quantitative estimate of drug-likeness (QED) is 0.759. The number of fused-ring (bicyclic) bond motifs is 1. The van der Waals surface area contributed by atoms with Crippen molar-refractivity contribution in [3.63, 3.8) is 0 Å². The van der Waals surface area contributed by atoms with Gasteiger partial charge in [-0.1, -0.05) is 0 Å². The van der Waals surface area contributed by atoms with E-state index in [0.29, 0.717) is 5.69 Å². The van der Waals surface area contributed by atoms with E-state index in [4.69, 9.17) is 0 Å². The third-order valence-corrected chi connectivity index (χ3v) is 2.42. The van der Waals surface area contributed by atoms with Gasteiger partial charge < -0.3 is 9.72 Å². The molecule has 1 N–H and O–H groups in total. The van der Waals surface area contributed by atoms with E-state index in [1.165, 1.54) is 0 Å². The molecule has 0 atom stereocenters. The van der Waals surface area contributed by atoms with Crippen LogP contribution in [-0.4, -0.2) is 22.3 Å². The molecule has 0 aromatic carbocycles. The molecule has 0 spiro atoms. The summed E-state index contributed by atoms with van der Waals surface area (Å²) in [4.78, 5) is 15.8. The molecular weight excluding hydrogens is 190 g/mol. The van der Waals surface area contributed by atoms with Gasteiger partial charge in [0.05, 0.1) is 5.52 Å². The van der Waals surface area contributed by atoms with Gasteiger partial charge in [0.2, 0.25) is 0 Å². The highest BCUT2D eigenvalue weighted by Gasteiger charge is 2.13. The minimum atomic E-state index is -0.147. The summed E-state index contributed by atoms with van der Waals surface area (Å²) in [6, 6.07) is 3.96. The number of hydrogen-bond donors (Lipinski definition) is 1. The number of pyridine rings is 1. The van der Waals surface area contributed by atoms with Crippen LogP contribution in [-0.2, 0) is 0 Å². The molecule has 0 saturated heterocycles. The number of carbonyl (C=O) groups excluding carboxylic acids is 1. The standard InChI is InChI=1S/C11H13N3O/c1-7-4-5-14-8(2)13-10(9(14)6-7)11(15)12-3/h4-6H,1-3H3,(H,12,15). The van der Waals surface area contributed by atoms with E-state index in [1.807, 2.05) is 36.6 Å². The zero-order valence-electron chi connectivity index (χ0n) is 9.03. The Balaban J connectivity index is 2.75. The summed E-state index contributed by atoms with van der Waals surface area (Å²) < 4.78 is 1.91. The molecule has 0 aliphatic carbocycles. The van der Waals surface area contributed by atoms with E-state index in [9.17, 15) is 4.79 Å². The van der Waals surface area contributed by atoms with Crippen molar-refractivity contribution < 1.29 is 4.79 Å². The van der Waals surface area contributed by atoms with Gasteiger partial charge in [0.25, 0.3) is 5.91 Å². The Hall–Kier alpha value is -1.84.